The third-order valence-electron chi connectivity index (χ3n) is 3.93. The number of para-hydroxylation sites is 1. The lowest BCUT2D eigenvalue weighted by Gasteiger charge is -2.26. The summed E-state index contributed by atoms with van der Waals surface area (Å²) < 4.78 is 5.82. The summed E-state index contributed by atoms with van der Waals surface area (Å²) in [5.41, 5.74) is 11.1. The maximum absolute atomic E-state index is 12.4. The number of amides is 3. The minimum atomic E-state index is -0.708. The van der Waals surface area contributed by atoms with Gasteiger partial charge in [-0.1, -0.05) is 30.3 Å². The van der Waals surface area contributed by atoms with Gasteiger partial charge < -0.3 is 26.8 Å². The van der Waals surface area contributed by atoms with Crippen molar-refractivity contribution >= 4 is 24.3 Å². The molecule has 0 fully saturated rings. The van der Waals surface area contributed by atoms with E-state index in [1.54, 1.807) is 24.3 Å². The van der Waals surface area contributed by atoms with Gasteiger partial charge in [0.25, 0.3) is 0 Å². The largest absolute Gasteiger partial charge is 0.457 e. The van der Waals surface area contributed by atoms with E-state index in [4.69, 9.17) is 16.2 Å². The Morgan fingerprint density at radius 3 is 2.32 bits per heavy atom. The number of ether oxygens (including phenoxy) is 1. The van der Waals surface area contributed by atoms with E-state index in [1.165, 1.54) is 0 Å². The van der Waals surface area contributed by atoms with Crippen molar-refractivity contribution in [2.75, 3.05) is 6.54 Å². The summed E-state index contributed by atoms with van der Waals surface area (Å²) in [6.45, 7) is 3.96. The predicted octanol–water partition coefficient (Wildman–Crippen LogP) is 2.85. The van der Waals surface area contributed by atoms with Gasteiger partial charge in [0.2, 0.25) is 5.91 Å². The average molecular weight is 407 g/mol. The average Bonchev–Trinajstić information content (AvgIpc) is 2.61. The maximum atomic E-state index is 12.4. The van der Waals surface area contributed by atoms with E-state index >= 15 is 0 Å². The molecule has 0 radical (unpaired) electrons. The number of hydrogen-bond donors (Lipinski definition) is 4. The molecule has 2 aromatic rings. The highest BCUT2D eigenvalue weighted by Gasteiger charge is 2.23. The van der Waals surface area contributed by atoms with E-state index in [1.807, 2.05) is 44.2 Å². The molecule has 0 bridgehead atoms. The molecule has 152 valence electrons. The molecule has 0 spiro atoms. The van der Waals surface area contributed by atoms with Crippen LogP contribution in [0.3, 0.4) is 0 Å². The van der Waals surface area contributed by atoms with Crippen molar-refractivity contribution in [3.8, 4) is 11.5 Å². The third-order valence-corrected chi connectivity index (χ3v) is 3.93. The van der Waals surface area contributed by atoms with Crippen LogP contribution < -0.4 is 26.8 Å². The van der Waals surface area contributed by atoms with Gasteiger partial charge in [-0.3, -0.25) is 4.79 Å². The van der Waals surface area contributed by atoms with E-state index in [-0.39, 0.29) is 24.7 Å². The van der Waals surface area contributed by atoms with E-state index in [0.29, 0.717) is 23.6 Å². The van der Waals surface area contributed by atoms with Crippen LogP contribution in [0.2, 0.25) is 0 Å². The van der Waals surface area contributed by atoms with E-state index < -0.39 is 17.6 Å². The van der Waals surface area contributed by atoms with Crippen molar-refractivity contribution < 1.29 is 14.3 Å². The van der Waals surface area contributed by atoms with Crippen LogP contribution in [0.5, 0.6) is 11.5 Å². The smallest absolute Gasteiger partial charge is 0.312 e. The van der Waals surface area contributed by atoms with Gasteiger partial charge in [-0.2, -0.15) is 0 Å². The van der Waals surface area contributed by atoms with Crippen LogP contribution in [0, 0.1) is 0 Å². The first-order valence-electron chi connectivity index (χ1n) is 8.69. The lowest BCUT2D eigenvalue weighted by Crippen LogP contribution is -2.49. The van der Waals surface area contributed by atoms with E-state index in [2.05, 4.69) is 10.6 Å². The van der Waals surface area contributed by atoms with Crippen LogP contribution in [-0.4, -0.2) is 24.0 Å². The van der Waals surface area contributed by atoms with Crippen LogP contribution in [0.1, 0.15) is 31.9 Å². The molecule has 28 heavy (non-hydrogen) atoms. The maximum Gasteiger partial charge on any atom is 0.312 e. The third kappa shape index (κ3) is 7.46. The Hall–Kier alpha value is -2.77. The molecule has 0 saturated heterocycles. The van der Waals surface area contributed by atoms with Crippen LogP contribution >= 0.6 is 12.4 Å². The van der Waals surface area contributed by atoms with Gasteiger partial charge in [0.15, 0.2) is 0 Å². The number of carbonyl (C=O) groups excluding carboxylic acids is 2. The van der Waals surface area contributed by atoms with Crippen molar-refractivity contribution in [3.63, 3.8) is 0 Å². The summed E-state index contributed by atoms with van der Waals surface area (Å²) in [4.78, 5) is 23.8. The summed E-state index contributed by atoms with van der Waals surface area (Å²) >= 11 is 0. The fraction of sp³-hybridized carbons (Fsp3) is 0.300. The molecule has 0 aromatic heterocycles. The van der Waals surface area contributed by atoms with Gasteiger partial charge in [0, 0.05) is 12.1 Å². The SMILES string of the molecule is CC(C)(CN)NC(=O)CC(NC(N)=O)c1cccc(Oc2ccccc2)c1.Cl. The second-order valence-electron chi connectivity index (χ2n) is 6.89. The first-order valence-corrected chi connectivity index (χ1v) is 8.69. The van der Waals surface area contributed by atoms with Gasteiger partial charge in [-0.25, -0.2) is 4.79 Å². The Morgan fingerprint density at radius 1 is 1.07 bits per heavy atom. The molecule has 6 N–H and O–H groups in total. The molecular weight excluding hydrogens is 380 g/mol. The van der Waals surface area contributed by atoms with Gasteiger partial charge in [-0.05, 0) is 43.7 Å². The molecule has 2 rings (SSSR count). The molecular formula is C20H27ClN4O3. The van der Waals surface area contributed by atoms with Crippen LogP contribution in [0.4, 0.5) is 4.79 Å². The summed E-state index contributed by atoms with van der Waals surface area (Å²) in [6, 6.07) is 15.2. The second-order valence-corrected chi connectivity index (χ2v) is 6.89. The number of urea groups is 1. The second kappa shape index (κ2) is 10.5. The Balaban J connectivity index is 0.00000392. The van der Waals surface area contributed by atoms with E-state index in [0.717, 1.165) is 0 Å². The quantitative estimate of drug-likeness (QED) is 0.538. The number of nitrogens with one attached hydrogen (secondary N) is 2. The Morgan fingerprint density at radius 2 is 1.71 bits per heavy atom. The Kier molecular flexibility index (Phi) is 8.76. The molecule has 0 aliphatic carbocycles. The molecule has 2 aromatic carbocycles. The normalized spacial score (nSPS) is 11.7. The number of benzene rings is 2. The highest BCUT2D eigenvalue weighted by Crippen LogP contribution is 2.26. The summed E-state index contributed by atoms with van der Waals surface area (Å²) in [7, 11) is 0. The van der Waals surface area contributed by atoms with Crippen molar-refractivity contribution in [1.29, 1.82) is 0 Å². The van der Waals surface area contributed by atoms with Crippen molar-refractivity contribution in [1.82, 2.24) is 10.6 Å². The van der Waals surface area contributed by atoms with Gasteiger partial charge in [0.05, 0.1) is 12.5 Å². The first-order chi connectivity index (χ1) is 12.8. The zero-order valence-corrected chi connectivity index (χ0v) is 16.8. The van der Waals surface area contributed by atoms with Gasteiger partial charge in [0.1, 0.15) is 11.5 Å². The summed E-state index contributed by atoms with van der Waals surface area (Å²) in [5, 5.41) is 5.46. The minimum Gasteiger partial charge on any atom is -0.457 e. The summed E-state index contributed by atoms with van der Waals surface area (Å²) in [5.74, 6) is 1.05. The highest BCUT2D eigenvalue weighted by molar-refractivity contribution is 5.85. The highest BCUT2D eigenvalue weighted by atomic mass is 35.5. The van der Waals surface area contributed by atoms with Crippen LogP contribution in [-0.2, 0) is 4.79 Å². The number of rotatable bonds is 8. The number of halogens is 1. The van der Waals surface area contributed by atoms with Crippen molar-refractivity contribution in [3.05, 3.63) is 60.2 Å². The van der Waals surface area contributed by atoms with Gasteiger partial charge in [-0.15, -0.1) is 12.4 Å². The topological polar surface area (TPSA) is 119 Å². The molecule has 8 heteroatoms. The van der Waals surface area contributed by atoms with Crippen molar-refractivity contribution in [2.45, 2.75) is 31.8 Å². The molecule has 1 atom stereocenters. The number of primary amides is 1. The Bertz CT molecular complexity index is 784. The Labute approximate surface area is 171 Å². The van der Waals surface area contributed by atoms with Crippen LogP contribution in [0.25, 0.3) is 0 Å². The lowest BCUT2D eigenvalue weighted by molar-refractivity contribution is -0.123. The molecule has 1 unspecified atom stereocenters. The lowest BCUT2D eigenvalue weighted by atomic mass is 10.0. The summed E-state index contributed by atoms with van der Waals surface area (Å²) in [6.07, 6.45) is 0.0289. The standard InChI is InChI=1S/C20H26N4O3.ClH/c1-20(2,13-21)24-18(25)12-17(23-19(22)26)14-7-6-10-16(11-14)27-15-8-4-3-5-9-15;/h3-11,17H,12-13,21H2,1-2H3,(H,24,25)(H3,22,23,26);1H. The van der Waals surface area contributed by atoms with Crippen molar-refractivity contribution in [2.24, 2.45) is 11.5 Å². The molecule has 0 saturated carbocycles. The van der Waals surface area contributed by atoms with Gasteiger partial charge >= 0.3 is 6.03 Å². The molecule has 3 amide bonds. The van der Waals surface area contributed by atoms with Crippen LogP contribution in [0.15, 0.2) is 54.6 Å². The first kappa shape index (κ1) is 23.3. The molecule has 0 heterocycles. The fourth-order valence-corrected chi connectivity index (χ4v) is 2.51. The molecule has 0 aliphatic heterocycles. The number of hydrogen-bond acceptors (Lipinski definition) is 4. The number of carbonyl (C=O) groups is 2. The fourth-order valence-electron chi connectivity index (χ4n) is 2.51. The molecule has 7 nitrogen and oxygen atoms in total. The zero-order chi connectivity index (χ0) is 19.9. The molecule has 0 aliphatic rings. The number of nitrogens with two attached hydrogens (primary N) is 2. The monoisotopic (exact) mass is 406 g/mol. The van der Waals surface area contributed by atoms with E-state index in [9.17, 15) is 9.59 Å². The zero-order valence-electron chi connectivity index (χ0n) is 16.0. The minimum absolute atomic E-state index is 0. The predicted molar refractivity (Wildman–Crippen MR) is 112 cm³/mol.